The van der Waals surface area contributed by atoms with Gasteiger partial charge in [0, 0.05) is 25.6 Å². The highest BCUT2D eigenvalue weighted by atomic mass is 35.5. The molecule has 1 amide bonds. The molecule has 1 unspecified atom stereocenters. The standard InChI is InChI=1S/C14H28N2O.ClH/c1-3-9-16(14(17)12(2)10-15)11-13-7-5-4-6-8-13;/h12-13H,3-11,15H2,1-2H3;1H. The number of rotatable bonds is 6. The second-order valence-electron chi connectivity index (χ2n) is 5.43. The molecule has 2 N–H and O–H groups in total. The second-order valence-corrected chi connectivity index (χ2v) is 5.43. The number of nitrogens with zero attached hydrogens (tertiary/aromatic N) is 1. The molecule has 1 aliphatic carbocycles. The third kappa shape index (κ3) is 5.57. The summed E-state index contributed by atoms with van der Waals surface area (Å²) in [5, 5.41) is 0. The molecule has 1 atom stereocenters. The van der Waals surface area contributed by atoms with E-state index in [4.69, 9.17) is 5.73 Å². The quantitative estimate of drug-likeness (QED) is 0.811. The van der Waals surface area contributed by atoms with Gasteiger partial charge in [0.25, 0.3) is 0 Å². The van der Waals surface area contributed by atoms with E-state index in [0.29, 0.717) is 6.54 Å². The largest absolute Gasteiger partial charge is 0.342 e. The first-order chi connectivity index (χ1) is 8.19. The van der Waals surface area contributed by atoms with Gasteiger partial charge in [-0.2, -0.15) is 0 Å². The molecule has 0 radical (unpaired) electrons. The molecule has 3 nitrogen and oxygen atoms in total. The second kappa shape index (κ2) is 9.62. The number of nitrogens with two attached hydrogens (primary N) is 1. The van der Waals surface area contributed by atoms with Crippen LogP contribution in [0.3, 0.4) is 0 Å². The molecular weight excluding hydrogens is 248 g/mol. The van der Waals surface area contributed by atoms with Crippen LogP contribution in [0.1, 0.15) is 52.4 Å². The van der Waals surface area contributed by atoms with Crippen molar-refractivity contribution in [3.05, 3.63) is 0 Å². The van der Waals surface area contributed by atoms with Gasteiger partial charge in [0.05, 0.1) is 0 Å². The number of hydrogen-bond donors (Lipinski definition) is 1. The molecule has 0 aromatic rings. The molecule has 0 aliphatic heterocycles. The van der Waals surface area contributed by atoms with Crippen LogP contribution in [0.2, 0.25) is 0 Å². The minimum absolute atomic E-state index is 0. The zero-order valence-electron chi connectivity index (χ0n) is 11.9. The monoisotopic (exact) mass is 276 g/mol. The van der Waals surface area contributed by atoms with Crippen LogP contribution in [0.25, 0.3) is 0 Å². The molecule has 1 saturated carbocycles. The van der Waals surface area contributed by atoms with E-state index in [2.05, 4.69) is 6.92 Å². The molecule has 4 heteroatoms. The lowest BCUT2D eigenvalue weighted by molar-refractivity contribution is -0.135. The fourth-order valence-corrected chi connectivity index (χ4v) is 2.66. The van der Waals surface area contributed by atoms with E-state index in [1.165, 1.54) is 32.1 Å². The van der Waals surface area contributed by atoms with Crippen LogP contribution in [-0.4, -0.2) is 30.4 Å². The fraction of sp³-hybridized carbons (Fsp3) is 0.929. The minimum atomic E-state index is -0.0230. The van der Waals surface area contributed by atoms with E-state index in [1.54, 1.807) is 0 Å². The van der Waals surface area contributed by atoms with Crippen LogP contribution < -0.4 is 5.73 Å². The van der Waals surface area contributed by atoms with E-state index in [9.17, 15) is 4.79 Å². The SMILES string of the molecule is CCCN(CC1CCCCC1)C(=O)C(C)CN.Cl. The Morgan fingerprint density at radius 1 is 1.33 bits per heavy atom. The molecule has 0 saturated heterocycles. The maximum absolute atomic E-state index is 12.2. The van der Waals surface area contributed by atoms with Crippen LogP contribution in [-0.2, 0) is 4.79 Å². The Morgan fingerprint density at radius 2 is 1.94 bits per heavy atom. The van der Waals surface area contributed by atoms with Gasteiger partial charge >= 0.3 is 0 Å². The number of carbonyl (C=O) groups excluding carboxylic acids is 1. The van der Waals surface area contributed by atoms with E-state index < -0.39 is 0 Å². The Morgan fingerprint density at radius 3 is 2.44 bits per heavy atom. The summed E-state index contributed by atoms with van der Waals surface area (Å²) in [4.78, 5) is 14.2. The zero-order chi connectivity index (χ0) is 12.7. The predicted octanol–water partition coefficient (Wildman–Crippen LogP) is 2.82. The van der Waals surface area contributed by atoms with Crippen LogP contribution in [0, 0.1) is 11.8 Å². The summed E-state index contributed by atoms with van der Waals surface area (Å²) in [6, 6.07) is 0. The van der Waals surface area contributed by atoms with Gasteiger partial charge in [-0.15, -0.1) is 12.4 Å². The number of carbonyl (C=O) groups is 1. The first kappa shape index (κ1) is 17.7. The molecule has 108 valence electrons. The van der Waals surface area contributed by atoms with Gasteiger partial charge in [0.15, 0.2) is 0 Å². The lowest BCUT2D eigenvalue weighted by Crippen LogP contribution is -2.41. The lowest BCUT2D eigenvalue weighted by Gasteiger charge is -2.31. The molecule has 0 aromatic heterocycles. The molecule has 0 spiro atoms. The topological polar surface area (TPSA) is 46.3 Å². The van der Waals surface area contributed by atoms with Gasteiger partial charge < -0.3 is 10.6 Å². The summed E-state index contributed by atoms with van der Waals surface area (Å²) < 4.78 is 0. The Balaban J connectivity index is 0.00000289. The van der Waals surface area contributed by atoms with E-state index >= 15 is 0 Å². The average molecular weight is 277 g/mol. The summed E-state index contributed by atoms with van der Waals surface area (Å²) in [5.41, 5.74) is 5.59. The van der Waals surface area contributed by atoms with Gasteiger partial charge in [-0.3, -0.25) is 4.79 Å². The van der Waals surface area contributed by atoms with Gasteiger partial charge in [-0.1, -0.05) is 33.1 Å². The predicted molar refractivity (Wildman–Crippen MR) is 78.9 cm³/mol. The Hall–Kier alpha value is -0.280. The molecule has 1 rings (SSSR count). The highest BCUT2D eigenvalue weighted by Gasteiger charge is 2.23. The number of halogens is 1. The third-order valence-corrected chi connectivity index (χ3v) is 3.78. The summed E-state index contributed by atoms with van der Waals surface area (Å²) >= 11 is 0. The van der Waals surface area contributed by atoms with Crippen molar-refractivity contribution in [2.75, 3.05) is 19.6 Å². The van der Waals surface area contributed by atoms with Gasteiger partial charge in [-0.25, -0.2) is 0 Å². The van der Waals surface area contributed by atoms with Crippen molar-refractivity contribution in [2.24, 2.45) is 17.6 Å². The lowest BCUT2D eigenvalue weighted by atomic mass is 9.88. The first-order valence-corrected chi connectivity index (χ1v) is 7.17. The van der Waals surface area contributed by atoms with Crippen molar-refractivity contribution in [3.8, 4) is 0 Å². The zero-order valence-corrected chi connectivity index (χ0v) is 12.7. The van der Waals surface area contributed by atoms with Crippen LogP contribution in [0.4, 0.5) is 0 Å². The summed E-state index contributed by atoms with van der Waals surface area (Å²) in [6.07, 6.45) is 7.68. The summed E-state index contributed by atoms with van der Waals surface area (Å²) in [6.45, 7) is 6.38. The van der Waals surface area contributed by atoms with Crippen molar-refractivity contribution in [2.45, 2.75) is 52.4 Å². The highest BCUT2D eigenvalue weighted by Crippen LogP contribution is 2.24. The van der Waals surface area contributed by atoms with Crippen LogP contribution >= 0.6 is 12.4 Å². The molecule has 1 aliphatic rings. The van der Waals surface area contributed by atoms with Crippen LogP contribution in [0.15, 0.2) is 0 Å². The third-order valence-electron chi connectivity index (χ3n) is 3.78. The molecule has 1 fully saturated rings. The van der Waals surface area contributed by atoms with Gasteiger partial charge in [-0.05, 0) is 25.2 Å². The van der Waals surface area contributed by atoms with Crippen molar-refractivity contribution >= 4 is 18.3 Å². The average Bonchev–Trinajstić information content (AvgIpc) is 2.37. The van der Waals surface area contributed by atoms with Gasteiger partial charge in [0.2, 0.25) is 5.91 Å². The number of amides is 1. The van der Waals surface area contributed by atoms with Crippen molar-refractivity contribution < 1.29 is 4.79 Å². The summed E-state index contributed by atoms with van der Waals surface area (Å²) in [7, 11) is 0. The minimum Gasteiger partial charge on any atom is -0.342 e. The molecule has 18 heavy (non-hydrogen) atoms. The van der Waals surface area contributed by atoms with Crippen molar-refractivity contribution in [3.63, 3.8) is 0 Å². The summed E-state index contributed by atoms with van der Waals surface area (Å²) in [5.74, 6) is 0.953. The van der Waals surface area contributed by atoms with E-state index in [1.807, 2.05) is 11.8 Å². The smallest absolute Gasteiger partial charge is 0.226 e. The normalized spacial score (nSPS) is 17.9. The molecule has 0 aromatic carbocycles. The maximum atomic E-state index is 12.2. The highest BCUT2D eigenvalue weighted by molar-refractivity contribution is 5.85. The van der Waals surface area contributed by atoms with Crippen molar-refractivity contribution in [1.29, 1.82) is 0 Å². The molecule has 0 bridgehead atoms. The van der Waals surface area contributed by atoms with E-state index in [0.717, 1.165) is 25.4 Å². The van der Waals surface area contributed by atoms with Crippen molar-refractivity contribution in [1.82, 2.24) is 4.90 Å². The Kier molecular flexibility index (Phi) is 9.47. The number of hydrogen-bond acceptors (Lipinski definition) is 2. The van der Waals surface area contributed by atoms with Crippen LogP contribution in [0.5, 0.6) is 0 Å². The van der Waals surface area contributed by atoms with Gasteiger partial charge in [0.1, 0.15) is 0 Å². The van der Waals surface area contributed by atoms with E-state index in [-0.39, 0.29) is 24.2 Å². The Bertz CT molecular complexity index is 230. The first-order valence-electron chi connectivity index (χ1n) is 7.17. The molecule has 0 heterocycles. The maximum Gasteiger partial charge on any atom is 0.226 e. The fourth-order valence-electron chi connectivity index (χ4n) is 2.66. The molecular formula is C14H29ClN2O. The Labute approximate surface area is 118 Å².